The normalized spacial score (nSPS) is 24.9. The summed E-state index contributed by atoms with van der Waals surface area (Å²) in [4.78, 5) is 0. The third kappa shape index (κ3) is 2.76. The maximum atomic E-state index is 9.79. The van der Waals surface area contributed by atoms with Gasteiger partial charge in [0.1, 0.15) is 17.6 Å². The monoisotopic (exact) mass is 252 g/mol. The van der Waals surface area contributed by atoms with Gasteiger partial charge in [0.25, 0.3) is 0 Å². The van der Waals surface area contributed by atoms with Crippen LogP contribution in [0.3, 0.4) is 0 Å². The molecular formula is C14H20O4. The van der Waals surface area contributed by atoms with Crippen LogP contribution in [0.1, 0.15) is 37.9 Å². The zero-order chi connectivity index (χ0) is 13.1. The van der Waals surface area contributed by atoms with Crippen LogP contribution in [0, 0.1) is 0 Å². The van der Waals surface area contributed by atoms with E-state index < -0.39 is 12.2 Å². The predicted molar refractivity (Wildman–Crippen MR) is 67.9 cm³/mol. The van der Waals surface area contributed by atoms with Gasteiger partial charge in [-0.1, -0.05) is 0 Å². The smallest absolute Gasteiger partial charge is 0.129 e. The van der Waals surface area contributed by atoms with Gasteiger partial charge >= 0.3 is 0 Å². The first-order valence-electron chi connectivity index (χ1n) is 6.32. The van der Waals surface area contributed by atoms with Gasteiger partial charge in [-0.25, -0.2) is 0 Å². The highest BCUT2D eigenvalue weighted by molar-refractivity contribution is 5.42. The second kappa shape index (κ2) is 5.59. The number of hydrogen-bond donors (Lipinski definition) is 2. The van der Waals surface area contributed by atoms with Crippen molar-refractivity contribution in [1.29, 1.82) is 0 Å². The molecule has 2 N–H and O–H groups in total. The van der Waals surface area contributed by atoms with Crippen molar-refractivity contribution >= 4 is 0 Å². The van der Waals surface area contributed by atoms with E-state index in [0.717, 1.165) is 24.8 Å². The molecule has 1 aromatic rings. The Hall–Kier alpha value is -1.26. The molecule has 4 heteroatoms. The summed E-state index contributed by atoms with van der Waals surface area (Å²) in [5, 5.41) is 19.5. The van der Waals surface area contributed by atoms with Crippen LogP contribution >= 0.6 is 0 Å². The van der Waals surface area contributed by atoms with Gasteiger partial charge in [0, 0.05) is 11.6 Å². The van der Waals surface area contributed by atoms with Gasteiger partial charge in [-0.3, -0.25) is 0 Å². The molecule has 0 heterocycles. The summed E-state index contributed by atoms with van der Waals surface area (Å²) in [6.45, 7) is 1.69. The lowest BCUT2D eigenvalue weighted by Gasteiger charge is -2.21. The third-order valence-electron chi connectivity index (χ3n) is 3.37. The Kier molecular flexibility index (Phi) is 4.09. The first kappa shape index (κ1) is 13.2. The lowest BCUT2D eigenvalue weighted by Crippen LogP contribution is -2.26. The minimum atomic E-state index is -0.607. The molecule has 0 radical (unpaired) electrons. The van der Waals surface area contributed by atoms with Crippen LogP contribution in [0.15, 0.2) is 18.2 Å². The van der Waals surface area contributed by atoms with Crippen LogP contribution in [0.5, 0.6) is 11.5 Å². The number of hydrogen-bond acceptors (Lipinski definition) is 4. The minimum absolute atomic E-state index is 0.186. The van der Waals surface area contributed by atoms with E-state index in [1.54, 1.807) is 32.2 Å². The molecule has 3 atom stereocenters. The molecule has 0 bridgehead atoms. The molecule has 4 nitrogen and oxygen atoms in total. The molecule has 1 saturated carbocycles. The van der Waals surface area contributed by atoms with E-state index in [1.807, 2.05) is 0 Å². The molecule has 1 aromatic carbocycles. The number of methoxy groups -OCH3 is 1. The molecule has 18 heavy (non-hydrogen) atoms. The van der Waals surface area contributed by atoms with Gasteiger partial charge in [0.2, 0.25) is 0 Å². The zero-order valence-corrected chi connectivity index (χ0v) is 10.8. The van der Waals surface area contributed by atoms with Crippen LogP contribution < -0.4 is 9.47 Å². The van der Waals surface area contributed by atoms with Crippen LogP contribution in [0.4, 0.5) is 0 Å². The summed E-state index contributed by atoms with van der Waals surface area (Å²) < 4.78 is 11.0. The average molecular weight is 252 g/mol. The van der Waals surface area contributed by atoms with Crippen LogP contribution in [-0.4, -0.2) is 29.5 Å². The predicted octanol–water partition coefficient (Wildman–Crippen LogP) is 2.04. The molecule has 100 valence electrons. The van der Waals surface area contributed by atoms with Crippen molar-refractivity contribution in [2.45, 2.75) is 44.5 Å². The third-order valence-corrected chi connectivity index (χ3v) is 3.37. The Labute approximate surface area is 107 Å². The van der Waals surface area contributed by atoms with E-state index in [2.05, 4.69) is 0 Å². The molecule has 3 unspecified atom stereocenters. The van der Waals surface area contributed by atoms with Gasteiger partial charge in [-0.15, -0.1) is 0 Å². The topological polar surface area (TPSA) is 58.9 Å². The lowest BCUT2D eigenvalue weighted by molar-refractivity contribution is 0.0576. The van der Waals surface area contributed by atoms with Crippen molar-refractivity contribution in [1.82, 2.24) is 0 Å². The lowest BCUT2D eigenvalue weighted by atomic mass is 10.1. The van der Waals surface area contributed by atoms with Crippen LogP contribution in [0.2, 0.25) is 0 Å². The minimum Gasteiger partial charge on any atom is -0.497 e. The summed E-state index contributed by atoms with van der Waals surface area (Å²) in [6, 6.07) is 5.34. The number of aliphatic hydroxyl groups excluding tert-OH is 2. The molecule has 2 rings (SSSR count). The van der Waals surface area contributed by atoms with Crippen LogP contribution in [0.25, 0.3) is 0 Å². The quantitative estimate of drug-likeness (QED) is 0.861. The second-order valence-corrected chi connectivity index (χ2v) is 4.73. The summed E-state index contributed by atoms with van der Waals surface area (Å²) in [7, 11) is 1.59. The van der Waals surface area contributed by atoms with E-state index in [9.17, 15) is 10.2 Å². The van der Waals surface area contributed by atoms with E-state index in [0.29, 0.717) is 11.5 Å². The first-order valence-corrected chi connectivity index (χ1v) is 6.32. The van der Waals surface area contributed by atoms with Gasteiger partial charge < -0.3 is 19.7 Å². The Bertz CT molecular complexity index is 403. The second-order valence-electron chi connectivity index (χ2n) is 4.73. The van der Waals surface area contributed by atoms with Gasteiger partial charge in [0.15, 0.2) is 0 Å². The van der Waals surface area contributed by atoms with E-state index in [4.69, 9.17) is 9.47 Å². The maximum absolute atomic E-state index is 9.79. The summed E-state index contributed by atoms with van der Waals surface area (Å²) in [6.07, 6.45) is 1.38. The molecule has 0 spiro atoms. The number of rotatable bonds is 4. The molecule has 0 saturated heterocycles. The van der Waals surface area contributed by atoms with Gasteiger partial charge in [0.05, 0.1) is 19.3 Å². The Morgan fingerprint density at radius 2 is 2.11 bits per heavy atom. The van der Waals surface area contributed by atoms with E-state index in [1.165, 1.54) is 0 Å². The van der Waals surface area contributed by atoms with E-state index in [-0.39, 0.29) is 6.10 Å². The van der Waals surface area contributed by atoms with Crippen LogP contribution in [-0.2, 0) is 0 Å². The highest BCUT2D eigenvalue weighted by Gasteiger charge is 2.28. The molecule has 0 aromatic heterocycles. The van der Waals surface area contributed by atoms with E-state index >= 15 is 0 Å². The first-order chi connectivity index (χ1) is 8.61. The van der Waals surface area contributed by atoms with Crippen molar-refractivity contribution in [3.05, 3.63) is 23.8 Å². The maximum Gasteiger partial charge on any atom is 0.129 e. The fraction of sp³-hybridized carbons (Fsp3) is 0.571. The zero-order valence-electron chi connectivity index (χ0n) is 10.8. The average Bonchev–Trinajstić information content (AvgIpc) is 2.74. The fourth-order valence-corrected chi connectivity index (χ4v) is 2.30. The SMILES string of the molecule is COc1ccc(C(C)O)c(OC2CCCC2O)c1. The highest BCUT2D eigenvalue weighted by atomic mass is 16.5. The number of benzene rings is 1. The summed E-state index contributed by atoms with van der Waals surface area (Å²) >= 11 is 0. The number of aliphatic hydroxyl groups is 2. The van der Waals surface area contributed by atoms with Crippen molar-refractivity contribution in [3.8, 4) is 11.5 Å². The molecular weight excluding hydrogens is 232 g/mol. The molecule has 1 aliphatic rings. The fourth-order valence-electron chi connectivity index (χ4n) is 2.30. The molecule has 0 amide bonds. The Morgan fingerprint density at radius 3 is 2.67 bits per heavy atom. The Balaban J connectivity index is 2.23. The van der Waals surface area contributed by atoms with Gasteiger partial charge in [-0.05, 0) is 38.3 Å². The Morgan fingerprint density at radius 1 is 1.33 bits per heavy atom. The van der Waals surface area contributed by atoms with Crippen molar-refractivity contribution in [2.75, 3.05) is 7.11 Å². The summed E-state index contributed by atoms with van der Waals surface area (Å²) in [5.41, 5.74) is 0.718. The highest BCUT2D eigenvalue weighted by Crippen LogP contribution is 2.33. The van der Waals surface area contributed by atoms with Gasteiger partial charge in [-0.2, -0.15) is 0 Å². The largest absolute Gasteiger partial charge is 0.497 e. The summed E-state index contributed by atoms with van der Waals surface area (Å²) in [5.74, 6) is 1.28. The van der Waals surface area contributed by atoms with Crippen molar-refractivity contribution < 1.29 is 19.7 Å². The molecule has 0 aliphatic heterocycles. The van der Waals surface area contributed by atoms with Crippen molar-refractivity contribution in [3.63, 3.8) is 0 Å². The molecule has 1 aliphatic carbocycles. The van der Waals surface area contributed by atoms with Crippen molar-refractivity contribution in [2.24, 2.45) is 0 Å². The molecule has 1 fully saturated rings. The standard InChI is InChI=1S/C14H20O4/c1-9(15)11-7-6-10(17-2)8-14(11)18-13-5-3-4-12(13)16/h6-9,12-13,15-16H,3-5H2,1-2H3. The number of ether oxygens (including phenoxy) is 2.